The SMILES string of the molecule is CC(=O)c1c(C)ccc(C)c1C(=O)O.CC(C)c1ccc(C(CC(=O)c2ccc(Cl)cc2)C(=O)O)cc1. The molecule has 0 aliphatic carbocycles. The van der Waals surface area contributed by atoms with Gasteiger partial charge in [0.25, 0.3) is 0 Å². The van der Waals surface area contributed by atoms with Crippen molar-refractivity contribution in [1.82, 2.24) is 0 Å². The number of hydrogen-bond donors (Lipinski definition) is 2. The number of ketones is 2. The molecule has 3 rings (SSSR count). The molecule has 0 aliphatic heterocycles. The Hall–Kier alpha value is -3.77. The number of hydrogen-bond acceptors (Lipinski definition) is 4. The summed E-state index contributed by atoms with van der Waals surface area (Å²) in [5.41, 5.74) is 4.02. The van der Waals surface area contributed by atoms with Gasteiger partial charge in [0.1, 0.15) is 0 Å². The van der Waals surface area contributed by atoms with E-state index in [0.717, 1.165) is 5.56 Å². The van der Waals surface area contributed by atoms with Gasteiger partial charge in [0.05, 0.1) is 11.5 Å². The molecule has 0 amide bonds. The van der Waals surface area contributed by atoms with E-state index in [1.807, 2.05) is 12.1 Å². The number of carbonyl (C=O) groups excluding carboxylic acids is 2. The Morgan fingerprint density at radius 1 is 0.757 bits per heavy atom. The van der Waals surface area contributed by atoms with E-state index in [1.54, 1.807) is 62.4 Å². The number of carboxylic acids is 2. The summed E-state index contributed by atoms with van der Waals surface area (Å²) in [6, 6.07) is 17.4. The average Bonchev–Trinajstić information content (AvgIpc) is 2.84. The second-order valence-corrected chi connectivity index (χ2v) is 9.59. The second kappa shape index (κ2) is 13.0. The summed E-state index contributed by atoms with van der Waals surface area (Å²) in [6.45, 7) is 8.97. The van der Waals surface area contributed by atoms with E-state index in [2.05, 4.69) is 13.8 Å². The van der Waals surface area contributed by atoms with Gasteiger partial charge in [0, 0.05) is 22.6 Å². The van der Waals surface area contributed by atoms with Gasteiger partial charge < -0.3 is 10.2 Å². The van der Waals surface area contributed by atoms with Crippen LogP contribution < -0.4 is 0 Å². The van der Waals surface area contributed by atoms with Crippen LogP contribution in [-0.2, 0) is 4.79 Å². The zero-order valence-electron chi connectivity index (χ0n) is 21.5. The van der Waals surface area contributed by atoms with Crippen molar-refractivity contribution in [2.75, 3.05) is 0 Å². The summed E-state index contributed by atoms with van der Waals surface area (Å²) in [6.07, 6.45) is -0.0714. The van der Waals surface area contributed by atoms with Crippen molar-refractivity contribution < 1.29 is 29.4 Å². The standard InChI is InChI=1S/C19H19ClO3.C11H12O3/c1-12(2)13-3-5-14(6-4-13)17(19(22)23)11-18(21)15-7-9-16(20)10-8-15;1-6-4-5-7(2)10(11(13)14)9(6)8(3)12/h3-10,12,17H,11H2,1-2H3,(H,22,23);4-5H,1-3H3,(H,13,14). The lowest BCUT2D eigenvalue weighted by atomic mass is 9.90. The van der Waals surface area contributed by atoms with Crippen molar-refractivity contribution >= 4 is 35.1 Å². The van der Waals surface area contributed by atoms with Crippen molar-refractivity contribution in [1.29, 1.82) is 0 Å². The fraction of sp³-hybridized carbons (Fsp3) is 0.267. The molecule has 3 aromatic rings. The number of carbonyl (C=O) groups is 4. The quantitative estimate of drug-likeness (QED) is 0.305. The molecule has 2 N–H and O–H groups in total. The molecule has 1 unspecified atom stereocenters. The lowest BCUT2D eigenvalue weighted by molar-refractivity contribution is -0.138. The van der Waals surface area contributed by atoms with Crippen molar-refractivity contribution in [3.8, 4) is 0 Å². The van der Waals surface area contributed by atoms with E-state index in [0.29, 0.717) is 38.8 Å². The minimum atomic E-state index is -1.04. The Kier molecular flexibility index (Phi) is 10.3. The summed E-state index contributed by atoms with van der Waals surface area (Å²) < 4.78 is 0. The maximum atomic E-state index is 12.3. The third-order valence-electron chi connectivity index (χ3n) is 6.05. The van der Waals surface area contributed by atoms with Crippen LogP contribution in [0.3, 0.4) is 0 Å². The fourth-order valence-electron chi connectivity index (χ4n) is 3.94. The zero-order chi connectivity index (χ0) is 27.9. The number of aromatic carboxylic acids is 1. The minimum Gasteiger partial charge on any atom is -0.481 e. The van der Waals surface area contributed by atoms with E-state index in [4.69, 9.17) is 16.7 Å². The highest BCUT2D eigenvalue weighted by molar-refractivity contribution is 6.30. The van der Waals surface area contributed by atoms with Crippen LogP contribution in [0.5, 0.6) is 0 Å². The molecule has 0 spiro atoms. The first kappa shape index (κ1) is 29.5. The van der Waals surface area contributed by atoms with Crippen LogP contribution in [-0.4, -0.2) is 33.7 Å². The Bertz CT molecular complexity index is 1250. The van der Waals surface area contributed by atoms with Crippen molar-refractivity contribution in [3.63, 3.8) is 0 Å². The Morgan fingerprint density at radius 2 is 1.24 bits per heavy atom. The number of rotatable bonds is 8. The molecule has 0 heterocycles. The van der Waals surface area contributed by atoms with Crippen LogP contribution in [0.1, 0.15) is 92.4 Å². The molecule has 0 saturated heterocycles. The highest BCUT2D eigenvalue weighted by Gasteiger charge is 2.24. The molecule has 1 atom stereocenters. The van der Waals surface area contributed by atoms with Gasteiger partial charge in [-0.1, -0.05) is 61.8 Å². The van der Waals surface area contributed by atoms with Crippen molar-refractivity contribution in [2.45, 2.75) is 52.9 Å². The summed E-state index contributed by atoms with van der Waals surface area (Å²) in [4.78, 5) is 46.1. The molecular weight excluding hydrogens is 492 g/mol. The van der Waals surface area contributed by atoms with E-state index in [9.17, 15) is 24.3 Å². The number of Topliss-reactive ketones (excluding diaryl/α,β-unsaturated/α-hetero) is 2. The lowest BCUT2D eigenvalue weighted by Gasteiger charge is -2.14. The molecule has 7 heteroatoms. The predicted octanol–water partition coefficient (Wildman–Crippen LogP) is 7.11. The largest absolute Gasteiger partial charge is 0.481 e. The van der Waals surface area contributed by atoms with E-state index in [1.165, 1.54) is 6.92 Å². The summed E-state index contributed by atoms with van der Waals surface area (Å²) in [7, 11) is 0. The number of aliphatic carboxylic acids is 1. The minimum absolute atomic E-state index is 0.0714. The van der Waals surface area contributed by atoms with Gasteiger partial charge in [-0.25, -0.2) is 4.79 Å². The maximum Gasteiger partial charge on any atom is 0.336 e. The summed E-state index contributed by atoms with van der Waals surface area (Å²) in [5.74, 6) is -2.92. The molecule has 0 fully saturated rings. The van der Waals surface area contributed by atoms with Gasteiger partial charge in [-0.15, -0.1) is 0 Å². The highest BCUT2D eigenvalue weighted by atomic mass is 35.5. The van der Waals surface area contributed by atoms with Gasteiger partial charge >= 0.3 is 11.9 Å². The van der Waals surface area contributed by atoms with Gasteiger partial charge in [-0.05, 0) is 73.2 Å². The fourth-order valence-corrected chi connectivity index (χ4v) is 4.07. The number of benzene rings is 3. The van der Waals surface area contributed by atoms with Crippen molar-refractivity contribution in [3.05, 3.63) is 105 Å². The van der Waals surface area contributed by atoms with Crippen LogP contribution in [0, 0.1) is 13.8 Å². The Morgan fingerprint density at radius 3 is 1.65 bits per heavy atom. The molecule has 37 heavy (non-hydrogen) atoms. The summed E-state index contributed by atoms with van der Waals surface area (Å²) in [5, 5.41) is 19.0. The molecule has 0 aromatic heterocycles. The van der Waals surface area contributed by atoms with Crippen LogP contribution in [0.2, 0.25) is 5.02 Å². The first-order chi connectivity index (χ1) is 17.3. The lowest BCUT2D eigenvalue weighted by Crippen LogP contribution is -2.16. The van der Waals surface area contributed by atoms with Gasteiger partial charge in [-0.2, -0.15) is 0 Å². The number of aryl methyl sites for hydroxylation is 2. The van der Waals surface area contributed by atoms with Crippen LogP contribution in [0.25, 0.3) is 0 Å². The Balaban J connectivity index is 0.000000294. The van der Waals surface area contributed by atoms with Gasteiger partial charge in [0.2, 0.25) is 0 Å². The monoisotopic (exact) mass is 522 g/mol. The van der Waals surface area contributed by atoms with Crippen LogP contribution >= 0.6 is 11.6 Å². The Labute approximate surface area is 221 Å². The number of halogens is 1. The number of carboxylic acid groups (broad SMARTS) is 2. The maximum absolute atomic E-state index is 12.3. The zero-order valence-corrected chi connectivity index (χ0v) is 22.3. The predicted molar refractivity (Wildman–Crippen MR) is 144 cm³/mol. The van der Waals surface area contributed by atoms with Gasteiger partial charge in [-0.3, -0.25) is 14.4 Å². The molecule has 0 bridgehead atoms. The van der Waals surface area contributed by atoms with E-state index >= 15 is 0 Å². The first-order valence-electron chi connectivity index (χ1n) is 11.8. The smallest absolute Gasteiger partial charge is 0.336 e. The normalized spacial score (nSPS) is 11.3. The molecule has 3 aromatic carbocycles. The third-order valence-corrected chi connectivity index (χ3v) is 6.30. The molecular formula is C30H31ClO6. The topological polar surface area (TPSA) is 109 Å². The second-order valence-electron chi connectivity index (χ2n) is 9.16. The average molecular weight is 523 g/mol. The van der Waals surface area contributed by atoms with Crippen LogP contribution in [0.4, 0.5) is 0 Å². The third kappa shape index (κ3) is 7.86. The highest BCUT2D eigenvalue weighted by Crippen LogP contribution is 2.25. The molecule has 0 aliphatic rings. The molecule has 194 valence electrons. The van der Waals surface area contributed by atoms with Crippen molar-refractivity contribution in [2.24, 2.45) is 0 Å². The van der Waals surface area contributed by atoms with E-state index < -0.39 is 17.9 Å². The molecule has 6 nitrogen and oxygen atoms in total. The molecule has 0 radical (unpaired) electrons. The van der Waals surface area contributed by atoms with Crippen LogP contribution in [0.15, 0.2) is 60.7 Å². The first-order valence-corrected chi connectivity index (χ1v) is 12.2. The summed E-state index contributed by atoms with van der Waals surface area (Å²) >= 11 is 5.80. The van der Waals surface area contributed by atoms with Gasteiger partial charge in [0.15, 0.2) is 11.6 Å². The molecule has 0 saturated carbocycles. The van der Waals surface area contributed by atoms with E-state index in [-0.39, 0.29) is 23.6 Å².